The molecule has 0 aromatic rings. The van der Waals surface area contributed by atoms with Crippen molar-refractivity contribution in [3.63, 3.8) is 0 Å². The maximum absolute atomic E-state index is 8.74. The van der Waals surface area contributed by atoms with Crippen molar-refractivity contribution in [2.45, 2.75) is 0 Å². The normalized spacial score (nSPS) is 3.00. The molecule has 7 nitrogen and oxygen atoms in total. The van der Waals surface area contributed by atoms with Crippen molar-refractivity contribution in [3.8, 4) is 0 Å². The van der Waals surface area contributed by atoms with Crippen LogP contribution in [0.15, 0.2) is 0 Å². The minimum atomic E-state index is -3.13. The van der Waals surface area contributed by atoms with E-state index in [1.165, 1.54) is 0 Å². The summed E-state index contributed by atoms with van der Waals surface area (Å²) in [6.07, 6.45) is 0. The quantitative estimate of drug-likeness (QED) is 0.313. The zero-order chi connectivity index (χ0) is 7.15. The Hall–Kier alpha value is 4.77. The van der Waals surface area contributed by atoms with Gasteiger partial charge in [0, 0.05) is 0 Å². The van der Waals surface area contributed by atoms with E-state index < -0.39 is 18.3 Å². The van der Waals surface area contributed by atoms with Gasteiger partial charge < -0.3 is 24.7 Å². The van der Waals surface area contributed by atoms with Crippen LogP contribution in [0.25, 0.3) is 0 Å². The van der Waals surface area contributed by atoms with Gasteiger partial charge in [-0.25, -0.2) is 0 Å². The summed E-state index contributed by atoms with van der Waals surface area (Å²) in [5, 5.41) is 0. The second-order valence-electron chi connectivity index (χ2n) is 0.565. The second-order valence-corrected chi connectivity index (χ2v) is 1.70. The van der Waals surface area contributed by atoms with E-state index in [2.05, 4.69) is 0 Å². The van der Waals surface area contributed by atoms with Gasteiger partial charge in [0.05, 0.1) is 0 Å². The van der Waals surface area contributed by atoms with Gasteiger partial charge in [-0.05, 0) is 0 Å². The Morgan fingerprint density at radius 3 is 0.562 bits per heavy atom. The Kier molecular flexibility index (Phi) is 263. The van der Waals surface area contributed by atoms with Gasteiger partial charge in [-0.15, -0.1) is 24.8 Å². The van der Waals surface area contributed by atoms with Crippen molar-refractivity contribution in [1.29, 1.82) is 0 Å². The first-order valence-corrected chi connectivity index (χ1v) is 3.91. The van der Waals surface area contributed by atoms with Crippen LogP contribution in [-0.2, 0) is 8.92 Å². The van der Waals surface area contributed by atoms with Crippen LogP contribution in [0.4, 0.5) is 0 Å². The molecule has 6 N–H and O–H groups in total. The predicted octanol–water partition coefficient (Wildman–Crippen LogP) is -6.45. The summed E-state index contributed by atoms with van der Waals surface area (Å²) in [6.45, 7) is 0. The Labute approximate surface area is 219 Å². The van der Waals surface area contributed by atoms with Crippen molar-refractivity contribution in [2.75, 3.05) is 0 Å². The summed E-state index contributed by atoms with van der Waals surface area (Å²) in [7, 11) is -6.26. The maximum atomic E-state index is 8.74. The van der Waals surface area contributed by atoms with E-state index in [-0.39, 0.29) is 178 Å². The molecule has 0 unspecified atom stereocenters. The molecule has 0 aromatic carbocycles. The Bertz CT molecular complexity index is 86.8. The molecule has 82 valence electrons. The molecule has 0 rings (SSSR count). The first-order chi connectivity index (χ1) is 3.46. The van der Waals surface area contributed by atoms with Gasteiger partial charge in [-0.3, -0.25) is 8.92 Å². The van der Waals surface area contributed by atoms with Crippen molar-refractivity contribution in [2.24, 2.45) is 0 Å². The molecule has 0 aliphatic rings. The topological polar surface area (TPSA) is 147 Å². The molecule has 0 saturated carbocycles. The minimum absolute atomic E-state index is 0. The standard InChI is InChI=1S/2ClH.5Na.2H2O3Si.H2O.5H/c;;;;;;;2*1-4(2)3;;;;;;/h2*1H;;;;;;2*1-2H;1H2;;;;;. The van der Waals surface area contributed by atoms with E-state index in [1.807, 2.05) is 0 Å². The molecule has 0 bridgehead atoms. The van der Waals surface area contributed by atoms with Crippen molar-refractivity contribution >= 4 is 191 Å². The van der Waals surface area contributed by atoms with Gasteiger partial charge in [0.25, 0.3) is 0 Å². The van der Waals surface area contributed by atoms with Crippen molar-refractivity contribution in [3.05, 3.63) is 0 Å². The predicted molar refractivity (Wildman–Crippen MR) is 75.6 cm³/mol. The third-order valence-corrected chi connectivity index (χ3v) is 0. The summed E-state index contributed by atoms with van der Waals surface area (Å²) in [4.78, 5) is 28.6. The van der Waals surface area contributed by atoms with Crippen LogP contribution in [0.3, 0.4) is 0 Å². The third-order valence-electron chi connectivity index (χ3n) is 0. The van der Waals surface area contributed by atoms with Gasteiger partial charge in [0.15, 0.2) is 0 Å². The molecular formula is H13Cl2Na5O7Si2. The summed E-state index contributed by atoms with van der Waals surface area (Å²) in [5.41, 5.74) is 0. The molecule has 0 radical (unpaired) electrons. The third kappa shape index (κ3) is 260. The average Bonchev–Trinajstić information content (AvgIpc) is 1.25. The number of hydrogen-bond donors (Lipinski definition) is 4. The summed E-state index contributed by atoms with van der Waals surface area (Å²) < 4.78 is 17.5. The van der Waals surface area contributed by atoms with Gasteiger partial charge in [-0.1, -0.05) is 0 Å². The molecule has 16 heteroatoms. The molecule has 16 heavy (non-hydrogen) atoms. The molecule has 0 spiro atoms. The van der Waals surface area contributed by atoms with E-state index >= 15 is 0 Å². The summed E-state index contributed by atoms with van der Waals surface area (Å²) in [6, 6.07) is 0. The first-order valence-electron chi connectivity index (χ1n) is 1.30. The van der Waals surface area contributed by atoms with Crippen LogP contribution in [0.1, 0.15) is 0 Å². The summed E-state index contributed by atoms with van der Waals surface area (Å²) in [5.74, 6) is 0. The fourth-order valence-electron chi connectivity index (χ4n) is 0. The molecule has 0 aliphatic carbocycles. The Morgan fingerprint density at radius 1 is 0.562 bits per heavy atom. The number of halogens is 2. The van der Waals surface area contributed by atoms with Crippen molar-refractivity contribution < 1.29 is 33.6 Å². The molecule has 0 saturated heterocycles. The van der Waals surface area contributed by atoms with Crippen LogP contribution in [0, 0.1) is 0 Å². The molecule has 0 atom stereocenters. The van der Waals surface area contributed by atoms with Crippen LogP contribution >= 0.6 is 24.8 Å². The van der Waals surface area contributed by atoms with Crippen LogP contribution in [-0.4, -0.2) is 191 Å². The van der Waals surface area contributed by atoms with Crippen molar-refractivity contribution in [1.82, 2.24) is 0 Å². The zero-order valence-corrected chi connectivity index (χ0v) is 8.55. The summed E-state index contributed by atoms with van der Waals surface area (Å²) >= 11 is 0. The average molecular weight is 367 g/mol. The van der Waals surface area contributed by atoms with Gasteiger partial charge >= 0.3 is 166 Å². The van der Waals surface area contributed by atoms with Crippen LogP contribution < -0.4 is 0 Å². The fraction of sp³-hybridized carbons (Fsp3) is 0. The number of hydrogen-bond acceptors (Lipinski definition) is 2. The van der Waals surface area contributed by atoms with E-state index in [4.69, 9.17) is 28.1 Å². The fourth-order valence-corrected chi connectivity index (χ4v) is 0. The van der Waals surface area contributed by atoms with Crippen LogP contribution in [0.5, 0.6) is 0 Å². The second kappa shape index (κ2) is 60.0. The molecular weight excluding hydrogens is 354 g/mol. The Morgan fingerprint density at radius 2 is 0.562 bits per heavy atom. The van der Waals surface area contributed by atoms with E-state index in [9.17, 15) is 0 Å². The Balaban J connectivity index is -0.00000000375. The molecule has 0 aliphatic heterocycles. The van der Waals surface area contributed by atoms with E-state index in [1.54, 1.807) is 0 Å². The molecule has 0 amide bonds. The number of rotatable bonds is 0. The van der Waals surface area contributed by atoms with E-state index in [0.717, 1.165) is 0 Å². The van der Waals surface area contributed by atoms with Crippen LogP contribution in [0.2, 0.25) is 0 Å². The molecule has 0 heterocycles. The molecule has 0 fully saturated rings. The SMILES string of the molecule is Cl.Cl.O.O=[Si](O)O.O=[Si](O)O.[NaH].[NaH].[NaH].[NaH].[NaH]. The zero-order valence-electron chi connectivity index (χ0n) is 4.92. The molecule has 0 aromatic heterocycles. The van der Waals surface area contributed by atoms with Gasteiger partial charge in [0.2, 0.25) is 0 Å². The van der Waals surface area contributed by atoms with Gasteiger partial charge in [0.1, 0.15) is 0 Å². The monoisotopic (exact) mass is 366 g/mol. The first kappa shape index (κ1) is 70.0. The van der Waals surface area contributed by atoms with E-state index in [0.29, 0.717) is 0 Å². The van der Waals surface area contributed by atoms with Gasteiger partial charge in [-0.2, -0.15) is 0 Å².